The van der Waals surface area contributed by atoms with Gasteiger partial charge in [-0.05, 0) is 53.0 Å². The van der Waals surface area contributed by atoms with E-state index >= 15 is 0 Å². The molecule has 0 rings (SSSR count). The molecule has 19 heavy (non-hydrogen) atoms. The summed E-state index contributed by atoms with van der Waals surface area (Å²) in [5, 5.41) is 9.80. The van der Waals surface area contributed by atoms with E-state index in [9.17, 15) is 5.11 Å². The lowest BCUT2D eigenvalue weighted by atomic mass is 10.1. The van der Waals surface area contributed by atoms with Crippen LogP contribution in [-0.4, -0.2) is 46.4 Å². The van der Waals surface area contributed by atoms with E-state index in [0.29, 0.717) is 26.4 Å². The molecule has 5 nitrogen and oxygen atoms in total. The van der Waals surface area contributed by atoms with Gasteiger partial charge in [-0.25, -0.2) is 0 Å². The first-order valence-electron chi connectivity index (χ1n) is 7.44. The van der Waals surface area contributed by atoms with Crippen molar-refractivity contribution >= 4 is 8.80 Å². The topological polar surface area (TPSA) is 73.9 Å². The summed E-state index contributed by atoms with van der Waals surface area (Å²) < 4.78 is 17.3. The molecule has 0 bridgehead atoms. The minimum absolute atomic E-state index is 0.278. The van der Waals surface area contributed by atoms with Gasteiger partial charge in [0.25, 0.3) is 0 Å². The summed E-state index contributed by atoms with van der Waals surface area (Å²) in [6.07, 6.45) is 2.97. The lowest BCUT2D eigenvalue weighted by molar-refractivity contribution is 0.0689. The molecular weight excluding hydrogens is 262 g/mol. The maximum Gasteiger partial charge on any atom is 0.500 e. The second kappa shape index (κ2) is 11.8. The van der Waals surface area contributed by atoms with E-state index in [2.05, 4.69) is 0 Å². The summed E-state index contributed by atoms with van der Waals surface area (Å²) >= 11 is 0. The van der Waals surface area contributed by atoms with Gasteiger partial charge >= 0.3 is 8.80 Å². The van der Waals surface area contributed by atoms with Crippen molar-refractivity contribution < 1.29 is 18.4 Å². The molecule has 0 fully saturated rings. The molecule has 0 heterocycles. The summed E-state index contributed by atoms with van der Waals surface area (Å²) in [7, 11) is -2.53. The second-order valence-electron chi connectivity index (χ2n) is 4.46. The first-order valence-corrected chi connectivity index (χ1v) is 9.37. The largest absolute Gasteiger partial charge is 0.500 e. The number of nitrogens with two attached hydrogens (primary N) is 1. The molecule has 1 unspecified atom stereocenters. The van der Waals surface area contributed by atoms with E-state index in [1.165, 1.54) is 0 Å². The number of hydrogen-bond acceptors (Lipinski definition) is 5. The number of rotatable bonds is 13. The highest BCUT2D eigenvalue weighted by atomic mass is 28.4. The summed E-state index contributed by atoms with van der Waals surface area (Å²) in [4.78, 5) is 0. The molecule has 0 aliphatic rings. The van der Waals surface area contributed by atoms with E-state index in [-0.39, 0.29) is 6.10 Å². The van der Waals surface area contributed by atoms with Crippen LogP contribution in [0, 0.1) is 0 Å². The van der Waals surface area contributed by atoms with Crippen molar-refractivity contribution in [3.05, 3.63) is 0 Å². The first-order chi connectivity index (χ1) is 9.14. The molecule has 0 aliphatic carbocycles. The van der Waals surface area contributed by atoms with Crippen LogP contribution in [0.1, 0.15) is 46.5 Å². The fourth-order valence-corrected chi connectivity index (χ4v) is 4.69. The van der Waals surface area contributed by atoms with Crippen LogP contribution < -0.4 is 5.73 Å². The molecule has 0 saturated carbocycles. The average molecular weight is 293 g/mol. The normalized spacial score (nSPS) is 13.7. The van der Waals surface area contributed by atoms with Crippen molar-refractivity contribution in [1.82, 2.24) is 0 Å². The Morgan fingerprint density at radius 3 is 1.84 bits per heavy atom. The van der Waals surface area contributed by atoms with Crippen LogP contribution in [0.5, 0.6) is 0 Å². The SMILES string of the molecule is CCO[Si](CCCC(O)CCCN)(OCC)OCC. The Hall–Kier alpha value is 0.0169. The van der Waals surface area contributed by atoms with Gasteiger partial charge in [-0.1, -0.05) is 0 Å². The molecule has 0 aliphatic heterocycles. The third kappa shape index (κ3) is 8.72. The highest BCUT2D eigenvalue weighted by Crippen LogP contribution is 2.20. The van der Waals surface area contributed by atoms with Crippen LogP contribution in [0.2, 0.25) is 6.04 Å². The van der Waals surface area contributed by atoms with Gasteiger partial charge in [0.1, 0.15) is 0 Å². The Kier molecular flexibility index (Phi) is 11.8. The van der Waals surface area contributed by atoms with Gasteiger partial charge in [-0.3, -0.25) is 0 Å². The Morgan fingerprint density at radius 2 is 1.42 bits per heavy atom. The van der Waals surface area contributed by atoms with Crippen molar-refractivity contribution in [2.24, 2.45) is 5.73 Å². The van der Waals surface area contributed by atoms with Crippen LogP contribution in [0.3, 0.4) is 0 Å². The molecule has 0 aromatic heterocycles. The van der Waals surface area contributed by atoms with Gasteiger partial charge in [0.15, 0.2) is 0 Å². The van der Waals surface area contributed by atoms with Gasteiger partial charge in [0.05, 0.1) is 6.10 Å². The standard InChI is InChI=1S/C13H31NO4Si/c1-4-16-19(17-5-2,18-6-3)12-8-10-13(15)9-7-11-14/h13,15H,4-12,14H2,1-3H3. The molecule has 0 aromatic carbocycles. The third-order valence-electron chi connectivity index (χ3n) is 2.85. The second-order valence-corrected chi connectivity index (χ2v) is 7.19. The zero-order chi connectivity index (χ0) is 14.6. The van der Waals surface area contributed by atoms with Crippen molar-refractivity contribution in [1.29, 1.82) is 0 Å². The van der Waals surface area contributed by atoms with E-state index in [1.54, 1.807) is 0 Å². The summed E-state index contributed by atoms with van der Waals surface area (Å²) in [6, 6.07) is 0.766. The highest BCUT2D eigenvalue weighted by molar-refractivity contribution is 6.60. The van der Waals surface area contributed by atoms with Crippen LogP contribution in [0.15, 0.2) is 0 Å². The third-order valence-corrected chi connectivity index (χ3v) is 6.01. The van der Waals surface area contributed by atoms with Crippen LogP contribution in [0.4, 0.5) is 0 Å². The van der Waals surface area contributed by atoms with Crippen molar-refractivity contribution in [2.75, 3.05) is 26.4 Å². The van der Waals surface area contributed by atoms with Gasteiger partial charge in [-0.15, -0.1) is 0 Å². The molecule has 0 amide bonds. The molecule has 6 heteroatoms. The Balaban J connectivity index is 4.15. The van der Waals surface area contributed by atoms with Crippen molar-refractivity contribution in [2.45, 2.75) is 58.6 Å². The molecular formula is C13H31NO4Si. The van der Waals surface area contributed by atoms with E-state index < -0.39 is 8.80 Å². The van der Waals surface area contributed by atoms with E-state index in [0.717, 1.165) is 31.7 Å². The number of aliphatic hydroxyl groups is 1. The monoisotopic (exact) mass is 293 g/mol. The summed E-state index contributed by atoms with van der Waals surface area (Å²) in [6.45, 7) is 8.29. The predicted octanol–water partition coefficient (Wildman–Crippen LogP) is 1.91. The van der Waals surface area contributed by atoms with Gasteiger partial charge < -0.3 is 24.1 Å². The molecule has 116 valence electrons. The summed E-state index contributed by atoms with van der Waals surface area (Å²) in [5.41, 5.74) is 5.43. The zero-order valence-electron chi connectivity index (χ0n) is 12.7. The zero-order valence-corrected chi connectivity index (χ0v) is 13.7. The minimum atomic E-state index is -2.53. The van der Waals surface area contributed by atoms with Crippen molar-refractivity contribution in [3.63, 3.8) is 0 Å². The number of hydrogen-bond donors (Lipinski definition) is 2. The van der Waals surface area contributed by atoms with E-state index in [1.807, 2.05) is 20.8 Å². The average Bonchev–Trinajstić information content (AvgIpc) is 2.37. The van der Waals surface area contributed by atoms with Gasteiger partial charge in [0, 0.05) is 25.9 Å². The Bertz CT molecular complexity index is 190. The maximum absolute atomic E-state index is 9.80. The van der Waals surface area contributed by atoms with Crippen molar-refractivity contribution in [3.8, 4) is 0 Å². The first kappa shape index (κ1) is 19.0. The molecule has 0 spiro atoms. The van der Waals surface area contributed by atoms with Gasteiger partial charge in [-0.2, -0.15) is 0 Å². The summed E-state index contributed by atoms with van der Waals surface area (Å²) in [5.74, 6) is 0. The Morgan fingerprint density at radius 1 is 0.947 bits per heavy atom. The fourth-order valence-electron chi connectivity index (χ4n) is 2.05. The maximum atomic E-state index is 9.80. The van der Waals surface area contributed by atoms with Crippen LogP contribution >= 0.6 is 0 Å². The molecule has 0 radical (unpaired) electrons. The lowest BCUT2D eigenvalue weighted by Crippen LogP contribution is -2.46. The van der Waals surface area contributed by atoms with Crippen LogP contribution in [0.25, 0.3) is 0 Å². The smallest absolute Gasteiger partial charge is 0.393 e. The van der Waals surface area contributed by atoms with Crippen LogP contribution in [-0.2, 0) is 13.3 Å². The molecule has 0 saturated heterocycles. The lowest BCUT2D eigenvalue weighted by Gasteiger charge is -2.28. The quantitative estimate of drug-likeness (QED) is 0.507. The molecule has 0 aromatic rings. The van der Waals surface area contributed by atoms with Gasteiger partial charge in [0.2, 0.25) is 0 Å². The molecule has 3 N–H and O–H groups in total. The Labute approximate surface area is 118 Å². The molecule has 1 atom stereocenters. The predicted molar refractivity (Wildman–Crippen MR) is 79.0 cm³/mol. The van der Waals surface area contributed by atoms with E-state index in [4.69, 9.17) is 19.0 Å². The minimum Gasteiger partial charge on any atom is -0.393 e. The number of aliphatic hydroxyl groups excluding tert-OH is 1. The highest BCUT2D eigenvalue weighted by Gasteiger charge is 2.39. The fraction of sp³-hybridized carbons (Fsp3) is 1.00.